The van der Waals surface area contributed by atoms with Crippen molar-refractivity contribution in [3.63, 3.8) is 0 Å². The van der Waals surface area contributed by atoms with Crippen molar-refractivity contribution < 1.29 is 4.79 Å². The van der Waals surface area contributed by atoms with Crippen LogP contribution in [0.5, 0.6) is 0 Å². The van der Waals surface area contributed by atoms with E-state index in [-0.39, 0.29) is 11.5 Å². The van der Waals surface area contributed by atoms with Crippen LogP contribution in [0.4, 0.5) is 5.69 Å². The number of imidazole rings is 1. The maximum atomic E-state index is 12.9. The number of carbonyl (C=O) groups is 1. The van der Waals surface area contributed by atoms with Gasteiger partial charge in [-0.2, -0.15) is 10.1 Å². The minimum atomic E-state index is -0.549. The van der Waals surface area contributed by atoms with Crippen LogP contribution in [0.15, 0.2) is 64.5 Å². The molecule has 0 fully saturated rings. The van der Waals surface area contributed by atoms with Gasteiger partial charge < -0.3 is 0 Å². The molecule has 7 heteroatoms. The zero-order valence-electron chi connectivity index (χ0n) is 14.4. The summed E-state index contributed by atoms with van der Waals surface area (Å²) in [6.45, 7) is 1.81. The Morgan fingerprint density at radius 2 is 1.78 bits per heavy atom. The molecule has 2 aromatic heterocycles. The van der Waals surface area contributed by atoms with E-state index in [1.165, 1.54) is 16.3 Å². The molecule has 1 atom stereocenters. The van der Waals surface area contributed by atoms with Gasteiger partial charge in [0.2, 0.25) is 0 Å². The highest BCUT2D eigenvalue weighted by Gasteiger charge is 2.33. The first-order valence-corrected chi connectivity index (χ1v) is 9.31. The van der Waals surface area contributed by atoms with E-state index in [0.717, 1.165) is 11.0 Å². The van der Waals surface area contributed by atoms with Gasteiger partial charge in [0.1, 0.15) is 5.92 Å². The van der Waals surface area contributed by atoms with E-state index in [4.69, 9.17) is 0 Å². The standard InChI is InChI=1S/C20H14N4O2S/c1-12-14(18(25)24(22-12)13-7-3-2-4-8-13)11-17-19(26)23-16-10-6-5-9-15(16)21-20(23)27-17/h2-11,14H,1H3/b17-11-/t14-/m0/s1. The molecule has 0 bridgehead atoms. The molecule has 0 saturated carbocycles. The smallest absolute Gasteiger partial charge is 0.271 e. The number of fused-ring (bicyclic) bond motifs is 3. The van der Waals surface area contributed by atoms with Crippen molar-refractivity contribution in [3.05, 3.63) is 69.5 Å². The molecule has 4 aromatic rings. The van der Waals surface area contributed by atoms with Crippen molar-refractivity contribution in [2.45, 2.75) is 6.92 Å². The molecule has 1 aliphatic rings. The molecule has 132 valence electrons. The van der Waals surface area contributed by atoms with Gasteiger partial charge in [-0.25, -0.2) is 9.38 Å². The summed E-state index contributed by atoms with van der Waals surface area (Å²) in [6.07, 6.45) is 1.71. The Bertz CT molecular complexity index is 1340. The molecule has 6 nitrogen and oxygen atoms in total. The van der Waals surface area contributed by atoms with Crippen LogP contribution in [0.3, 0.4) is 0 Å². The van der Waals surface area contributed by atoms with Crippen LogP contribution in [-0.2, 0) is 4.79 Å². The number of carbonyl (C=O) groups excluding carboxylic acids is 1. The predicted molar refractivity (Wildman–Crippen MR) is 107 cm³/mol. The molecular weight excluding hydrogens is 360 g/mol. The van der Waals surface area contributed by atoms with Crippen molar-refractivity contribution >= 4 is 50.7 Å². The van der Waals surface area contributed by atoms with Gasteiger partial charge >= 0.3 is 0 Å². The third-order valence-electron chi connectivity index (χ3n) is 4.65. The molecule has 0 aliphatic carbocycles. The van der Waals surface area contributed by atoms with Crippen LogP contribution in [0, 0.1) is 5.92 Å². The molecule has 2 aromatic carbocycles. The molecule has 1 amide bonds. The normalized spacial score (nSPS) is 18.0. The maximum Gasteiger partial charge on any atom is 0.274 e. The topological polar surface area (TPSA) is 67.0 Å². The fourth-order valence-electron chi connectivity index (χ4n) is 3.30. The number of hydrogen-bond acceptors (Lipinski definition) is 5. The highest BCUT2D eigenvalue weighted by Crippen LogP contribution is 2.24. The molecule has 5 rings (SSSR count). The maximum absolute atomic E-state index is 12.9. The Morgan fingerprint density at radius 1 is 1.04 bits per heavy atom. The van der Waals surface area contributed by atoms with Gasteiger partial charge in [0.05, 0.1) is 27.0 Å². The number of anilines is 1. The lowest BCUT2D eigenvalue weighted by Crippen LogP contribution is -2.30. The van der Waals surface area contributed by atoms with E-state index in [0.29, 0.717) is 20.9 Å². The van der Waals surface area contributed by atoms with Crippen molar-refractivity contribution in [2.75, 3.05) is 5.01 Å². The predicted octanol–water partition coefficient (Wildman–Crippen LogP) is 2.45. The van der Waals surface area contributed by atoms with E-state index in [1.807, 2.05) is 54.6 Å². The second-order valence-electron chi connectivity index (χ2n) is 6.36. The van der Waals surface area contributed by atoms with Crippen LogP contribution in [0.1, 0.15) is 6.92 Å². The largest absolute Gasteiger partial charge is 0.274 e. The Morgan fingerprint density at radius 3 is 2.59 bits per heavy atom. The summed E-state index contributed by atoms with van der Waals surface area (Å²) in [5.74, 6) is -0.707. The zero-order valence-corrected chi connectivity index (χ0v) is 15.2. The van der Waals surface area contributed by atoms with Crippen LogP contribution in [0.2, 0.25) is 0 Å². The Labute approximate surface area is 157 Å². The first kappa shape index (κ1) is 15.9. The second-order valence-corrected chi connectivity index (χ2v) is 7.37. The molecule has 1 aliphatic heterocycles. The summed E-state index contributed by atoms with van der Waals surface area (Å²) >= 11 is 1.30. The lowest BCUT2D eigenvalue weighted by atomic mass is 10.0. The van der Waals surface area contributed by atoms with Gasteiger partial charge in [-0.3, -0.25) is 9.59 Å². The molecule has 27 heavy (non-hydrogen) atoms. The highest BCUT2D eigenvalue weighted by molar-refractivity contribution is 7.15. The summed E-state index contributed by atoms with van der Waals surface area (Å²) < 4.78 is 2.11. The number of rotatable bonds is 2. The molecule has 0 spiro atoms. The van der Waals surface area contributed by atoms with Gasteiger partial charge in [-0.15, -0.1) is 0 Å². The average molecular weight is 374 g/mol. The SMILES string of the molecule is CC1=NN(c2ccccc2)C(=O)[C@H]1/C=c1\sc2nc3ccccc3n2c1=O. The summed E-state index contributed by atoms with van der Waals surface area (Å²) in [7, 11) is 0. The van der Waals surface area contributed by atoms with Gasteiger partial charge in [0.25, 0.3) is 11.5 Å². The molecule has 3 heterocycles. The van der Waals surface area contributed by atoms with Crippen molar-refractivity contribution in [2.24, 2.45) is 11.0 Å². The van der Waals surface area contributed by atoms with E-state index >= 15 is 0 Å². The Kier molecular flexibility index (Phi) is 3.45. The number of aromatic nitrogens is 2. The molecule has 0 unspecified atom stereocenters. The van der Waals surface area contributed by atoms with Crippen molar-refractivity contribution in [1.29, 1.82) is 0 Å². The monoisotopic (exact) mass is 374 g/mol. The third kappa shape index (κ3) is 2.39. The number of thiazole rings is 1. The summed E-state index contributed by atoms with van der Waals surface area (Å²) in [5, 5.41) is 5.79. The number of hydrazone groups is 1. The number of hydrogen-bond donors (Lipinski definition) is 0. The lowest BCUT2D eigenvalue weighted by molar-refractivity contribution is -0.118. The average Bonchev–Trinajstić information content (AvgIpc) is 3.29. The summed E-state index contributed by atoms with van der Waals surface area (Å²) in [5.41, 5.74) is 2.80. The van der Waals surface area contributed by atoms with Crippen LogP contribution in [-0.4, -0.2) is 21.0 Å². The van der Waals surface area contributed by atoms with Gasteiger partial charge in [0.15, 0.2) is 4.96 Å². The number of nitrogens with zero attached hydrogens (tertiary/aromatic N) is 4. The third-order valence-corrected chi connectivity index (χ3v) is 5.63. The first-order chi connectivity index (χ1) is 13.1. The van der Waals surface area contributed by atoms with E-state index in [2.05, 4.69) is 10.1 Å². The minimum absolute atomic E-state index is 0.150. The van der Waals surface area contributed by atoms with Crippen molar-refractivity contribution in [1.82, 2.24) is 9.38 Å². The second kappa shape index (κ2) is 5.85. The first-order valence-electron chi connectivity index (χ1n) is 8.49. The van der Waals surface area contributed by atoms with Crippen LogP contribution in [0.25, 0.3) is 22.1 Å². The molecule has 0 saturated heterocycles. The number of para-hydroxylation sites is 3. The number of benzene rings is 2. The van der Waals surface area contributed by atoms with Crippen LogP contribution < -0.4 is 15.1 Å². The molecular formula is C20H14N4O2S. The summed E-state index contributed by atoms with van der Waals surface area (Å²) in [4.78, 5) is 30.9. The lowest BCUT2D eigenvalue weighted by Gasteiger charge is -2.12. The Hall–Kier alpha value is -3.32. The molecule has 0 radical (unpaired) electrons. The Balaban J connectivity index is 1.61. The zero-order chi connectivity index (χ0) is 18.5. The van der Waals surface area contributed by atoms with Crippen molar-refractivity contribution in [3.8, 4) is 0 Å². The highest BCUT2D eigenvalue weighted by atomic mass is 32.1. The fraction of sp³-hybridized carbons (Fsp3) is 0.100. The van der Waals surface area contributed by atoms with E-state index < -0.39 is 5.92 Å². The van der Waals surface area contributed by atoms with Gasteiger partial charge in [0, 0.05) is 0 Å². The van der Waals surface area contributed by atoms with Crippen LogP contribution >= 0.6 is 11.3 Å². The van der Waals surface area contributed by atoms with E-state index in [9.17, 15) is 9.59 Å². The fourth-order valence-corrected chi connectivity index (χ4v) is 4.30. The quantitative estimate of drug-likeness (QED) is 0.541. The van der Waals surface area contributed by atoms with Gasteiger partial charge in [-0.05, 0) is 37.3 Å². The van der Waals surface area contributed by atoms with E-state index in [1.54, 1.807) is 17.4 Å². The minimum Gasteiger partial charge on any atom is -0.271 e. The summed E-state index contributed by atoms with van der Waals surface area (Å²) in [6, 6.07) is 16.8. The number of amides is 1. The molecule has 0 N–H and O–H groups in total. The van der Waals surface area contributed by atoms with Gasteiger partial charge in [-0.1, -0.05) is 41.7 Å².